The maximum absolute atomic E-state index is 12.4. The number of allylic oxidation sites excluding steroid dienone is 1. The molecule has 6 heteroatoms. The molecule has 2 heterocycles. The Kier molecular flexibility index (Phi) is 2.21. The topological polar surface area (TPSA) is 78.7 Å². The van der Waals surface area contributed by atoms with E-state index in [0.717, 1.165) is 6.42 Å². The van der Waals surface area contributed by atoms with Gasteiger partial charge in [-0.2, -0.15) is 0 Å². The van der Waals surface area contributed by atoms with Crippen molar-refractivity contribution >= 4 is 11.7 Å². The number of rotatable bonds is 2. The average Bonchev–Trinajstić information content (AvgIpc) is 3.08. The first-order chi connectivity index (χ1) is 9.97. The number of hydrogen-bond acceptors (Lipinski definition) is 5. The lowest BCUT2D eigenvalue weighted by Crippen LogP contribution is -2.44. The number of benzene rings is 1. The number of fused-ring (bicyclic) bond motifs is 5. The summed E-state index contributed by atoms with van der Waals surface area (Å²) in [4.78, 5) is 22.7. The van der Waals surface area contributed by atoms with E-state index in [1.54, 1.807) is 19.1 Å². The van der Waals surface area contributed by atoms with Crippen molar-refractivity contribution in [2.45, 2.75) is 24.7 Å². The maximum Gasteiger partial charge on any atom is 0.346 e. The van der Waals surface area contributed by atoms with Gasteiger partial charge in [-0.25, -0.2) is 4.79 Å². The molecule has 2 aliphatic heterocycles. The quantitative estimate of drug-likeness (QED) is 0.361. The molecule has 108 valence electrons. The second-order valence-electron chi connectivity index (χ2n) is 5.84. The number of carbonyl (C=O) groups excluding carboxylic acids is 1. The molecule has 2 fully saturated rings. The molecular formula is C15H13NO5. The molecular weight excluding hydrogens is 274 g/mol. The number of ether oxygens (including phenoxy) is 2. The summed E-state index contributed by atoms with van der Waals surface area (Å²) in [6, 6.07) is 5.95. The summed E-state index contributed by atoms with van der Waals surface area (Å²) in [6.45, 7) is 1.79. The summed E-state index contributed by atoms with van der Waals surface area (Å²) in [5.74, 6) is -1.30. The van der Waals surface area contributed by atoms with Gasteiger partial charge in [0.05, 0.1) is 4.92 Å². The Hall–Kier alpha value is -2.21. The van der Waals surface area contributed by atoms with Crippen LogP contribution in [-0.4, -0.2) is 16.7 Å². The SMILES string of the molecule is C[C@]12OC(=O)[C@](c3ccc([N+](=O)[O-])cc3)(O1)[C@H]1C=CC[C@H]12. The molecule has 0 saturated carbocycles. The van der Waals surface area contributed by atoms with Gasteiger partial charge in [0.1, 0.15) is 0 Å². The van der Waals surface area contributed by atoms with E-state index in [2.05, 4.69) is 0 Å². The average molecular weight is 287 g/mol. The molecule has 0 N–H and O–H groups in total. The van der Waals surface area contributed by atoms with Gasteiger partial charge >= 0.3 is 5.97 Å². The molecule has 0 aromatic heterocycles. The number of carbonyl (C=O) groups is 1. The maximum atomic E-state index is 12.4. The summed E-state index contributed by atoms with van der Waals surface area (Å²) in [5.41, 5.74) is -0.566. The number of nitrogens with zero attached hydrogens (tertiary/aromatic N) is 1. The van der Waals surface area contributed by atoms with E-state index in [1.807, 2.05) is 12.2 Å². The molecule has 6 nitrogen and oxygen atoms in total. The minimum atomic E-state index is -1.17. The van der Waals surface area contributed by atoms with Gasteiger partial charge < -0.3 is 9.47 Å². The molecule has 2 saturated heterocycles. The van der Waals surface area contributed by atoms with Gasteiger partial charge in [-0.05, 0) is 24.1 Å². The van der Waals surface area contributed by atoms with Crippen molar-refractivity contribution in [1.82, 2.24) is 0 Å². The summed E-state index contributed by atoms with van der Waals surface area (Å²) in [6.07, 6.45) is 4.85. The molecule has 1 aliphatic carbocycles. The van der Waals surface area contributed by atoms with Crippen molar-refractivity contribution in [3.05, 3.63) is 52.1 Å². The van der Waals surface area contributed by atoms with Gasteiger partial charge in [-0.15, -0.1) is 0 Å². The third-order valence-corrected chi connectivity index (χ3v) is 4.78. The number of nitro benzene ring substituents is 1. The Morgan fingerprint density at radius 1 is 1.33 bits per heavy atom. The van der Waals surface area contributed by atoms with Crippen LogP contribution in [0.5, 0.6) is 0 Å². The summed E-state index contributed by atoms with van der Waals surface area (Å²) in [5, 5.41) is 10.8. The fraction of sp³-hybridized carbons (Fsp3) is 0.400. The minimum absolute atomic E-state index is 0.0132. The smallest absolute Gasteiger partial charge is 0.346 e. The number of nitro groups is 1. The third kappa shape index (κ3) is 1.38. The van der Waals surface area contributed by atoms with E-state index >= 15 is 0 Å². The zero-order chi connectivity index (χ0) is 14.8. The summed E-state index contributed by atoms with van der Waals surface area (Å²) >= 11 is 0. The Bertz CT molecular complexity index is 682. The second-order valence-corrected chi connectivity index (χ2v) is 5.84. The molecule has 0 spiro atoms. The van der Waals surface area contributed by atoms with E-state index in [4.69, 9.17) is 9.47 Å². The zero-order valence-corrected chi connectivity index (χ0v) is 11.3. The summed E-state index contributed by atoms with van der Waals surface area (Å²) in [7, 11) is 0. The lowest BCUT2D eigenvalue weighted by atomic mass is 9.75. The van der Waals surface area contributed by atoms with E-state index < -0.39 is 22.3 Å². The number of non-ortho nitro benzene ring substituents is 1. The molecule has 0 radical (unpaired) electrons. The van der Waals surface area contributed by atoms with E-state index in [1.165, 1.54) is 12.1 Å². The Balaban J connectivity index is 1.84. The van der Waals surface area contributed by atoms with E-state index in [9.17, 15) is 14.9 Å². The highest BCUT2D eigenvalue weighted by atomic mass is 16.8. The molecule has 1 aromatic rings. The third-order valence-electron chi connectivity index (χ3n) is 4.78. The fourth-order valence-electron chi connectivity index (χ4n) is 3.81. The standard InChI is InChI=1S/C15H13NO5/c1-14-11-3-2-4-12(11)15(21-14,13(17)20-14)9-5-7-10(8-6-9)16(18)19/h2,4-8,11-12H,3H2,1H3/t11-,12+,14+,15-/m1/s1. The van der Waals surface area contributed by atoms with Crippen molar-refractivity contribution in [3.8, 4) is 0 Å². The largest absolute Gasteiger partial charge is 0.431 e. The van der Waals surface area contributed by atoms with Gasteiger partial charge in [0.15, 0.2) is 0 Å². The molecule has 0 amide bonds. The molecule has 4 rings (SSSR count). The first-order valence-electron chi connectivity index (χ1n) is 6.82. The van der Waals surface area contributed by atoms with Crippen LogP contribution in [0.25, 0.3) is 0 Å². The molecule has 4 atom stereocenters. The van der Waals surface area contributed by atoms with Gasteiger partial charge in [-0.1, -0.05) is 12.2 Å². The van der Waals surface area contributed by atoms with Crippen LogP contribution in [0.3, 0.4) is 0 Å². The Morgan fingerprint density at radius 2 is 2.05 bits per heavy atom. The van der Waals surface area contributed by atoms with Gasteiger partial charge in [0, 0.05) is 30.9 Å². The first kappa shape index (κ1) is 12.5. The van der Waals surface area contributed by atoms with Crippen LogP contribution < -0.4 is 0 Å². The molecule has 0 unspecified atom stereocenters. The second kappa shape index (κ2) is 3.71. The lowest BCUT2D eigenvalue weighted by molar-refractivity contribution is -0.384. The first-order valence-corrected chi connectivity index (χ1v) is 6.82. The highest BCUT2D eigenvalue weighted by Gasteiger charge is 2.73. The summed E-state index contributed by atoms with van der Waals surface area (Å²) < 4.78 is 11.5. The van der Waals surface area contributed by atoms with Crippen molar-refractivity contribution in [1.29, 1.82) is 0 Å². The van der Waals surface area contributed by atoms with Gasteiger partial charge in [0.25, 0.3) is 5.69 Å². The molecule has 2 bridgehead atoms. The van der Waals surface area contributed by atoms with Gasteiger partial charge in [0.2, 0.25) is 11.4 Å². The monoisotopic (exact) mass is 287 g/mol. The van der Waals surface area contributed by atoms with Crippen LogP contribution in [0.1, 0.15) is 18.9 Å². The van der Waals surface area contributed by atoms with Crippen LogP contribution in [0.15, 0.2) is 36.4 Å². The highest BCUT2D eigenvalue weighted by molar-refractivity contribution is 5.86. The van der Waals surface area contributed by atoms with Crippen molar-refractivity contribution in [2.24, 2.45) is 11.8 Å². The predicted octanol–water partition coefficient (Wildman–Crippen LogP) is 2.29. The van der Waals surface area contributed by atoms with E-state index in [-0.39, 0.29) is 17.5 Å². The molecule has 1 aromatic carbocycles. The van der Waals surface area contributed by atoms with Crippen molar-refractivity contribution in [3.63, 3.8) is 0 Å². The van der Waals surface area contributed by atoms with Crippen molar-refractivity contribution < 1.29 is 19.2 Å². The molecule has 3 aliphatic rings. The van der Waals surface area contributed by atoms with E-state index in [0.29, 0.717) is 5.56 Å². The highest BCUT2D eigenvalue weighted by Crippen LogP contribution is 2.62. The molecule has 21 heavy (non-hydrogen) atoms. The zero-order valence-electron chi connectivity index (χ0n) is 11.3. The number of esters is 1. The van der Waals surface area contributed by atoms with Crippen LogP contribution in [0, 0.1) is 22.0 Å². The Labute approximate surface area is 120 Å². The van der Waals surface area contributed by atoms with Crippen LogP contribution in [-0.2, 0) is 19.9 Å². The van der Waals surface area contributed by atoms with Crippen LogP contribution in [0.4, 0.5) is 5.69 Å². The van der Waals surface area contributed by atoms with Gasteiger partial charge in [-0.3, -0.25) is 10.1 Å². The number of hydrogen-bond donors (Lipinski definition) is 0. The lowest BCUT2D eigenvalue weighted by Gasteiger charge is -2.31. The van der Waals surface area contributed by atoms with Crippen molar-refractivity contribution in [2.75, 3.05) is 0 Å². The minimum Gasteiger partial charge on any atom is -0.431 e. The van der Waals surface area contributed by atoms with Crippen LogP contribution >= 0.6 is 0 Å². The van der Waals surface area contributed by atoms with Crippen LogP contribution in [0.2, 0.25) is 0 Å². The normalized spacial score (nSPS) is 39.4. The fourth-order valence-corrected chi connectivity index (χ4v) is 3.81. The Morgan fingerprint density at radius 3 is 2.71 bits per heavy atom. The predicted molar refractivity (Wildman–Crippen MR) is 71.1 cm³/mol.